The summed E-state index contributed by atoms with van der Waals surface area (Å²) in [5.41, 5.74) is 0. The summed E-state index contributed by atoms with van der Waals surface area (Å²) >= 11 is 33.4. The van der Waals surface area contributed by atoms with Crippen LogP contribution >= 0.6 is 129 Å². The monoisotopic (exact) mass is 662 g/mol. The molecule has 148 valence electrons. The normalized spacial score (nSPS) is 22.9. The van der Waals surface area contributed by atoms with E-state index in [0.717, 1.165) is 0 Å². The van der Waals surface area contributed by atoms with Crippen LogP contribution in [-0.4, -0.2) is 11.9 Å². The van der Waals surface area contributed by atoms with E-state index in [2.05, 4.69) is 0 Å². The minimum absolute atomic E-state index is 0. The Labute approximate surface area is 216 Å². The first kappa shape index (κ1) is 29.1. The van der Waals surface area contributed by atoms with Crippen molar-refractivity contribution < 1.29 is 39.3 Å². The zero-order valence-corrected chi connectivity index (χ0v) is 24.1. The van der Waals surface area contributed by atoms with Crippen LogP contribution in [0.25, 0.3) is 0 Å². The maximum Gasteiger partial charge on any atom is 2.00 e. The molecule has 0 saturated carbocycles. The number of hydrogen-bond donors (Lipinski definition) is 0. The number of rotatable bonds is 2. The van der Waals surface area contributed by atoms with Gasteiger partial charge in [-0.25, -0.2) is 0 Å². The van der Waals surface area contributed by atoms with Gasteiger partial charge in [0.25, 0.3) is 0 Å². The van der Waals surface area contributed by atoms with Crippen molar-refractivity contribution in [3.63, 3.8) is 0 Å². The molecule has 0 amide bonds. The molecule has 4 nitrogen and oxygen atoms in total. The van der Waals surface area contributed by atoms with Crippen LogP contribution < -0.4 is 10.2 Å². The third kappa shape index (κ3) is 5.68. The standard InChI is InChI=1S/2C5HCl5O2S.Zn/c2*6-1-2(7)4(8)13(9,10)3(1)5(11)12;/h2*(H,11,12);/q;;+2/p-2. The molecule has 0 unspecified atom stereocenters. The van der Waals surface area contributed by atoms with Crippen molar-refractivity contribution in [2.24, 2.45) is 0 Å². The van der Waals surface area contributed by atoms with Gasteiger partial charge in [-0.05, 0) is 59.6 Å². The molecule has 0 spiro atoms. The van der Waals surface area contributed by atoms with Gasteiger partial charge in [-0.15, -0.1) is 0 Å². The molecule has 0 bridgehead atoms. The summed E-state index contributed by atoms with van der Waals surface area (Å²) in [7, 11) is 17.1. The first-order valence-corrected chi connectivity index (χ1v) is 14.2. The number of aliphatic carboxylic acids is 2. The van der Waals surface area contributed by atoms with Gasteiger partial charge in [0, 0.05) is 0 Å². The van der Waals surface area contributed by atoms with E-state index >= 15 is 0 Å². The summed E-state index contributed by atoms with van der Waals surface area (Å²) in [6, 6.07) is 0. The van der Waals surface area contributed by atoms with E-state index in [1.165, 1.54) is 0 Å². The van der Waals surface area contributed by atoms with Gasteiger partial charge in [0.1, 0.15) is 8.73 Å². The molecular formula is C10Cl10O4S2Zn. The summed E-state index contributed by atoms with van der Waals surface area (Å²) in [4.78, 5) is 20.2. The Bertz CT molecular complexity index is 764. The Morgan fingerprint density at radius 1 is 0.593 bits per heavy atom. The van der Waals surface area contributed by atoms with Crippen LogP contribution in [0.3, 0.4) is 0 Å². The van der Waals surface area contributed by atoms with Gasteiger partial charge in [0.05, 0.1) is 41.9 Å². The van der Waals surface area contributed by atoms with Crippen LogP contribution in [0.2, 0.25) is 0 Å². The summed E-state index contributed by atoms with van der Waals surface area (Å²) in [5.74, 6) is -3.14. The Morgan fingerprint density at radius 2 is 0.815 bits per heavy atom. The molecule has 0 aliphatic carbocycles. The quantitative estimate of drug-likeness (QED) is 0.343. The Kier molecular flexibility index (Phi) is 11.5. The summed E-state index contributed by atoms with van der Waals surface area (Å²) in [5, 5.41) is 20.4. The van der Waals surface area contributed by atoms with Crippen molar-refractivity contribution in [2.45, 2.75) is 0 Å². The molecule has 0 aromatic heterocycles. The molecule has 0 atom stereocenters. The fourth-order valence-electron chi connectivity index (χ4n) is 1.39. The van der Waals surface area contributed by atoms with Crippen LogP contribution in [0.1, 0.15) is 0 Å². The largest absolute Gasteiger partial charge is 2.00 e. The molecule has 0 aromatic rings. The molecule has 17 heteroatoms. The van der Waals surface area contributed by atoms with E-state index in [9.17, 15) is 19.8 Å². The Hall–Kier alpha value is 2.12. The molecule has 0 N–H and O–H groups in total. The van der Waals surface area contributed by atoms with Crippen molar-refractivity contribution in [3.05, 3.63) is 38.7 Å². The molecule has 0 saturated heterocycles. The molecular weight excluding hydrogens is 668 g/mol. The molecule has 0 fully saturated rings. The Balaban J connectivity index is 0.000000483. The second kappa shape index (κ2) is 10.6. The van der Waals surface area contributed by atoms with E-state index in [0.29, 0.717) is 0 Å². The second-order valence-corrected chi connectivity index (χ2v) is 16.7. The molecule has 0 aromatic carbocycles. The van der Waals surface area contributed by atoms with Crippen LogP contribution in [0.15, 0.2) is 38.7 Å². The fourth-order valence-corrected chi connectivity index (χ4v) is 9.92. The van der Waals surface area contributed by atoms with E-state index in [-0.39, 0.29) is 48.3 Å². The van der Waals surface area contributed by atoms with Crippen LogP contribution in [0, 0.1) is 0 Å². The van der Waals surface area contributed by atoms with Crippen molar-refractivity contribution in [3.8, 4) is 0 Å². The molecule has 27 heavy (non-hydrogen) atoms. The zero-order chi connectivity index (χ0) is 20.8. The van der Waals surface area contributed by atoms with E-state index in [1.807, 2.05) is 0 Å². The number of hydrogen-bond acceptors (Lipinski definition) is 4. The number of carbonyl (C=O) groups is 2. The minimum atomic E-state index is -2.82. The van der Waals surface area contributed by atoms with Gasteiger partial charge < -0.3 is 19.8 Å². The SMILES string of the molecule is O=C([O-])C1=C(Cl)C(Cl)=C(Cl)S1(Cl)Cl.O=C([O-])C1=C(Cl)C(Cl)=C(Cl)S1(Cl)Cl.[Zn+2]. The third-order valence-corrected chi connectivity index (χ3v) is 14.3. The van der Waals surface area contributed by atoms with E-state index in [4.69, 9.17) is 112 Å². The first-order valence-electron chi connectivity index (χ1n) is 5.38. The third-order valence-electron chi connectivity index (χ3n) is 2.46. The number of carboxylic acid groups (broad SMARTS) is 2. The van der Waals surface area contributed by atoms with Gasteiger partial charge >= 0.3 is 19.5 Å². The summed E-state index contributed by atoms with van der Waals surface area (Å²) in [6.45, 7) is 0. The maximum absolute atomic E-state index is 10.6. The van der Waals surface area contributed by atoms with Crippen LogP contribution in [0.5, 0.6) is 0 Å². The zero-order valence-electron chi connectivity index (χ0n) is 11.9. The van der Waals surface area contributed by atoms with Crippen LogP contribution in [-0.2, 0) is 29.1 Å². The molecule has 2 rings (SSSR count). The van der Waals surface area contributed by atoms with Gasteiger partial charge in [-0.3, -0.25) is 0 Å². The second-order valence-electron chi connectivity index (χ2n) is 3.97. The molecule has 0 radical (unpaired) electrons. The van der Waals surface area contributed by atoms with Crippen molar-refractivity contribution >= 4 is 141 Å². The molecule has 2 aliphatic heterocycles. The van der Waals surface area contributed by atoms with Gasteiger partial charge in [-0.1, -0.05) is 69.6 Å². The fraction of sp³-hybridized carbons (Fsp3) is 0. The van der Waals surface area contributed by atoms with E-state index < -0.39 is 38.7 Å². The predicted molar refractivity (Wildman–Crippen MR) is 112 cm³/mol. The average molecular weight is 668 g/mol. The number of carboxylic acids is 2. The van der Waals surface area contributed by atoms with Crippen molar-refractivity contribution in [1.82, 2.24) is 0 Å². The average Bonchev–Trinajstić information content (AvgIpc) is 2.74. The first-order chi connectivity index (χ1) is 11.6. The minimum Gasteiger partial charge on any atom is -0.544 e. The molecule has 2 aliphatic rings. The maximum atomic E-state index is 10.6. The summed E-state index contributed by atoms with van der Waals surface area (Å²) in [6.07, 6.45) is 0. The van der Waals surface area contributed by atoms with E-state index in [1.54, 1.807) is 0 Å². The number of halogens is 10. The number of allylic oxidation sites excluding steroid dienone is 4. The topological polar surface area (TPSA) is 80.3 Å². The van der Waals surface area contributed by atoms with Gasteiger partial charge in [0.15, 0.2) is 0 Å². The van der Waals surface area contributed by atoms with Crippen molar-refractivity contribution in [2.75, 3.05) is 0 Å². The molecule has 2 heterocycles. The van der Waals surface area contributed by atoms with Gasteiger partial charge in [0.2, 0.25) is 0 Å². The smallest absolute Gasteiger partial charge is 0.544 e. The van der Waals surface area contributed by atoms with Crippen LogP contribution in [0.4, 0.5) is 0 Å². The van der Waals surface area contributed by atoms with Crippen molar-refractivity contribution in [1.29, 1.82) is 0 Å². The summed E-state index contributed by atoms with van der Waals surface area (Å²) < 4.78 is -0.302. The van der Waals surface area contributed by atoms with Gasteiger partial charge in [-0.2, -0.15) is 0 Å². The Morgan fingerprint density at radius 3 is 0.889 bits per heavy atom. The number of carbonyl (C=O) groups excluding carboxylic acids is 2. The predicted octanol–water partition coefficient (Wildman–Crippen LogP) is 5.92.